The van der Waals surface area contributed by atoms with Gasteiger partial charge in [0.1, 0.15) is 12.4 Å². The number of amides is 3. The molecule has 0 unspecified atom stereocenters. The van der Waals surface area contributed by atoms with E-state index in [0.29, 0.717) is 35.1 Å². The smallest absolute Gasteiger partial charge is 0.251 e. The number of aromatic nitrogens is 3. The minimum Gasteiger partial charge on any atom is -0.492 e. The molecule has 1 aliphatic rings. The van der Waals surface area contributed by atoms with Crippen molar-refractivity contribution in [3.8, 4) is 17.1 Å². The lowest BCUT2D eigenvalue weighted by molar-refractivity contribution is -0.135. The van der Waals surface area contributed by atoms with Gasteiger partial charge in [-0.15, -0.1) is 0 Å². The minimum absolute atomic E-state index is 0.0625. The molecule has 1 aliphatic heterocycles. The molecule has 2 N–H and O–H groups in total. The maximum absolute atomic E-state index is 13.6. The van der Waals surface area contributed by atoms with Crippen LogP contribution in [0.4, 0.5) is 0 Å². The number of ether oxygens (including phenoxy) is 1. The second-order valence-electron chi connectivity index (χ2n) is 11.7. The van der Waals surface area contributed by atoms with Crippen molar-refractivity contribution in [2.24, 2.45) is 5.92 Å². The van der Waals surface area contributed by atoms with Crippen molar-refractivity contribution in [3.63, 3.8) is 0 Å². The van der Waals surface area contributed by atoms with Crippen LogP contribution in [0.5, 0.6) is 5.75 Å². The number of carbonyl (C=O) groups excluding carboxylic acids is 3. The van der Waals surface area contributed by atoms with Crippen LogP contribution in [0.3, 0.4) is 0 Å². The summed E-state index contributed by atoms with van der Waals surface area (Å²) in [6.07, 6.45) is 1.05. The van der Waals surface area contributed by atoms with Gasteiger partial charge in [0.05, 0.1) is 30.4 Å². The third-order valence-electron chi connectivity index (χ3n) is 7.72. The number of fused-ring (bicyclic) bond motifs is 3. The van der Waals surface area contributed by atoms with Crippen LogP contribution in [0, 0.1) is 5.92 Å². The highest BCUT2D eigenvalue weighted by Crippen LogP contribution is 2.24. The number of nitrogens with zero attached hydrogens (tertiary/aromatic N) is 4. The van der Waals surface area contributed by atoms with Gasteiger partial charge in [-0.3, -0.25) is 14.4 Å². The SMILES string of the molecule is CC(C)[C@@H]1NC(=O)CN(C(=O)Cc2ccc(S(C)(=O)=O)cc2)CCNC(=O)c2cccc(c2)OCCn2nc(-c3ccccc3)nc21. The first-order chi connectivity index (χ1) is 22.5. The first kappa shape index (κ1) is 33.3. The van der Waals surface area contributed by atoms with Crippen LogP contribution in [-0.4, -0.2) is 78.3 Å². The van der Waals surface area contributed by atoms with Crippen molar-refractivity contribution >= 4 is 27.6 Å². The molecule has 3 aromatic carbocycles. The van der Waals surface area contributed by atoms with Gasteiger partial charge in [0, 0.05) is 30.5 Å². The Hall–Kier alpha value is -5.04. The Morgan fingerprint density at radius 3 is 2.40 bits per heavy atom. The highest BCUT2D eigenvalue weighted by atomic mass is 32.2. The predicted molar refractivity (Wildman–Crippen MR) is 175 cm³/mol. The van der Waals surface area contributed by atoms with E-state index in [9.17, 15) is 22.8 Å². The van der Waals surface area contributed by atoms with Crippen molar-refractivity contribution in [2.45, 2.75) is 37.8 Å². The van der Waals surface area contributed by atoms with Crippen LogP contribution < -0.4 is 15.4 Å². The lowest BCUT2D eigenvalue weighted by Gasteiger charge is -2.26. The number of sulfone groups is 1. The Balaban J connectivity index is 1.45. The van der Waals surface area contributed by atoms with Crippen molar-refractivity contribution in [1.29, 1.82) is 0 Å². The molecule has 0 spiro atoms. The van der Waals surface area contributed by atoms with Gasteiger partial charge in [-0.25, -0.2) is 18.1 Å². The summed E-state index contributed by atoms with van der Waals surface area (Å²) in [6.45, 7) is 4.39. The van der Waals surface area contributed by atoms with Crippen LogP contribution in [-0.2, 0) is 32.4 Å². The lowest BCUT2D eigenvalue weighted by atomic mass is 10.0. The standard InChI is InChI=1S/C34H38N6O6S/c1-23(2)31-33-37-32(25-8-5-4-6-9-25)38-40(33)18-19-46-27-11-7-10-26(21-27)34(43)35-16-17-39(22-29(41)36-31)30(42)20-24-12-14-28(15-13-24)47(3,44)45/h4-15,21,23,31H,16-20,22H2,1-3H3,(H,35,43)(H,36,41)/t31-/m0/s1. The molecule has 0 fully saturated rings. The third-order valence-corrected chi connectivity index (χ3v) is 8.85. The van der Waals surface area contributed by atoms with E-state index in [0.717, 1.165) is 11.8 Å². The topological polar surface area (TPSA) is 153 Å². The number of nitrogens with one attached hydrogen (secondary N) is 2. The summed E-state index contributed by atoms with van der Waals surface area (Å²) in [5.74, 6) is 0.381. The second kappa shape index (κ2) is 14.6. The molecule has 1 atom stereocenters. The fourth-order valence-electron chi connectivity index (χ4n) is 5.20. The molecule has 0 saturated heterocycles. The largest absolute Gasteiger partial charge is 0.492 e. The maximum Gasteiger partial charge on any atom is 0.251 e. The summed E-state index contributed by atoms with van der Waals surface area (Å²) in [5.41, 5.74) is 1.80. The Labute approximate surface area is 274 Å². The Morgan fingerprint density at radius 2 is 1.70 bits per heavy atom. The molecule has 0 saturated carbocycles. The number of carbonyl (C=O) groups is 3. The molecule has 246 valence electrons. The van der Waals surface area contributed by atoms with E-state index in [1.807, 2.05) is 44.2 Å². The van der Waals surface area contributed by atoms with Gasteiger partial charge < -0.3 is 20.3 Å². The van der Waals surface area contributed by atoms with Crippen LogP contribution in [0.1, 0.15) is 41.6 Å². The van der Waals surface area contributed by atoms with Crippen LogP contribution >= 0.6 is 0 Å². The normalized spacial score (nSPS) is 16.4. The lowest BCUT2D eigenvalue weighted by Crippen LogP contribution is -2.46. The van der Waals surface area contributed by atoms with Gasteiger partial charge in [-0.05, 0) is 41.8 Å². The molecule has 0 aliphatic carbocycles. The van der Waals surface area contributed by atoms with Crippen molar-refractivity contribution in [2.75, 3.05) is 32.5 Å². The number of hydrogen-bond acceptors (Lipinski definition) is 8. The number of hydrogen-bond donors (Lipinski definition) is 2. The summed E-state index contributed by atoms with van der Waals surface area (Å²) < 4.78 is 31.5. The summed E-state index contributed by atoms with van der Waals surface area (Å²) >= 11 is 0. The molecular weight excluding hydrogens is 620 g/mol. The molecule has 2 heterocycles. The minimum atomic E-state index is -3.39. The fraction of sp³-hybridized carbons (Fsp3) is 0.324. The zero-order valence-electron chi connectivity index (χ0n) is 26.5. The van der Waals surface area contributed by atoms with Gasteiger partial charge in [0.25, 0.3) is 5.91 Å². The van der Waals surface area contributed by atoms with Gasteiger partial charge >= 0.3 is 0 Å². The number of rotatable bonds is 5. The first-order valence-electron chi connectivity index (χ1n) is 15.4. The molecule has 3 amide bonds. The zero-order valence-corrected chi connectivity index (χ0v) is 27.4. The van der Waals surface area contributed by atoms with Crippen molar-refractivity contribution in [1.82, 2.24) is 30.3 Å². The molecule has 12 nitrogen and oxygen atoms in total. The van der Waals surface area contributed by atoms with Gasteiger partial charge in [0.2, 0.25) is 11.8 Å². The Kier molecular flexibility index (Phi) is 10.3. The summed E-state index contributed by atoms with van der Waals surface area (Å²) in [5, 5.41) is 10.6. The van der Waals surface area contributed by atoms with E-state index < -0.39 is 21.8 Å². The van der Waals surface area contributed by atoms with E-state index in [1.165, 1.54) is 17.0 Å². The van der Waals surface area contributed by atoms with Gasteiger partial charge in [-0.1, -0.05) is 62.4 Å². The summed E-state index contributed by atoms with van der Waals surface area (Å²) in [7, 11) is -3.39. The van der Waals surface area contributed by atoms with Gasteiger partial charge in [0.15, 0.2) is 21.5 Å². The molecular formula is C34H38N6O6S. The average molecular weight is 659 g/mol. The molecule has 13 heteroatoms. The maximum atomic E-state index is 13.6. The van der Waals surface area contributed by atoms with E-state index in [4.69, 9.17) is 14.8 Å². The average Bonchev–Trinajstić information content (AvgIpc) is 3.46. The monoisotopic (exact) mass is 658 g/mol. The molecule has 4 aromatic rings. The van der Waals surface area contributed by atoms with Crippen LogP contribution in [0.15, 0.2) is 83.8 Å². The van der Waals surface area contributed by atoms with Crippen molar-refractivity contribution in [3.05, 3.63) is 95.8 Å². The number of benzene rings is 3. The molecule has 1 aromatic heterocycles. The quantitative estimate of drug-likeness (QED) is 0.332. The summed E-state index contributed by atoms with van der Waals surface area (Å²) in [6, 6.07) is 21.9. The molecule has 0 radical (unpaired) electrons. The van der Waals surface area contributed by atoms with Crippen LogP contribution in [0.25, 0.3) is 11.4 Å². The second-order valence-corrected chi connectivity index (χ2v) is 13.7. The van der Waals surface area contributed by atoms with E-state index >= 15 is 0 Å². The first-order valence-corrected chi connectivity index (χ1v) is 17.2. The molecule has 5 rings (SSSR count). The molecule has 2 bridgehead atoms. The van der Waals surface area contributed by atoms with Crippen molar-refractivity contribution < 1.29 is 27.5 Å². The van der Waals surface area contributed by atoms with E-state index in [-0.39, 0.29) is 55.3 Å². The van der Waals surface area contributed by atoms with E-state index in [2.05, 4.69) is 10.6 Å². The van der Waals surface area contributed by atoms with Gasteiger partial charge in [-0.2, -0.15) is 5.10 Å². The Bertz CT molecular complexity index is 1840. The fourth-order valence-corrected chi connectivity index (χ4v) is 5.83. The molecule has 47 heavy (non-hydrogen) atoms. The predicted octanol–water partition coefficient (Wildman–Crippen LogP) is 3.06. The summed E-state index contributed by atoms with van der Waals surface area (Å²) in [4.78, 5) is 46.5. The Morgan fingerprint density at radius 1 is 0.979 bits per heavy atom. The zero-order chi connectivity index (χ0) is 33.6. The van der Waals surface area contributed by atoms with E-state index in [1.54, 1.807) is 41.1 Å². The van der Waals surface area contributed by atoms with Crippen LogP contribution in [0.2, 0.25) is 0 Å². The highest BCUT2D eigenvalue weighted by Gasteiger charge is 2.27. The third kappa shape index (κ3) is 8.61. The highest BCUT2D eigenvalue weighted by molar-refractivity contribution is 7.90.